The summed E-state index contributed by atoms with van der Waals surface area (Å²) in [5, 5.41) is 3.51. The Morgan fingerprint density at radius 2 is 2.32 bits per heavy atom. The molecule has 1 aliphatic rings. The smallest absolute Gasteiger partial charge is 0.408 e. The van der Waals surface area contributed by atoms with Crippen molar-refractivity contribution in [3.63, 3.8) is 0 Å². The minimum atomic E-state index is -0.401. The Morgan fingerprint density at radius 3 is 3.11 bits per heavy atom. The van der Waals surface area contributed by atoms with E-state index in [-0.39, 0.29) is 0 Å². The van der Waals surface area contributed by atoms with Crippen molar-refractivity contribution in [1.82, 2.24) is 10.3 Å². The van der Waals surface area contributed by atoms with Gasteiger partial charge in [0.15, 0.2) is 5.58 Å². The molecule has 19 heavy (non-hydrogen) atoms. The first kappa shape index (κ1) is 12.4. The van der Waals surface area contributed by atoms with Gasteiger partial charge >= 0.3 is 5.76 Å². The van der Waals surface area contributed by atoms with Crippen molar-refractivity contribution in [2.75, 3.05) is 6.54 Å². The SMILES string of the molecule is NC1CCCC1NCCc1ccc2[nH]c(=O)oc2c1. The molecule has 0 bridgehead atoms. The molecule has 0 spiro atoms. The Balaban J connectivity index is 1.60. The molecule has 2 atom stereocenters. The van der Waals surface area contributed by atoms with Crippen LogP contribution in [0.4, 0.5) is 0 Å². The quantitative estimate of drug-likeness (QED) is 0.770. The Morgan fingerprint density at radius 1 is 1.42 bits per heavy atom. The van der Waals surface area contributed by atoms with E-state index in [1.165, 1.54) is 12.8 Å². The summed E-state index contributed by atoms with van der Waals surface area (Å²) in [5.41, 5.74) is 8.56. The van der Waals surface area contributed by atoms with Gasteiger partial charge in [-0.15, -0.1) is 0 Å². The standard InChI is InChI=1S/C14H19N3O2/c15-10-2-1-3-11(10)16-7-6-9-4-5-12-13(8-9)19-14(18)17-12/h4-5,8,10-11,16H,1-3,6-7,15H2,(H,17,18). The average molecular weight is 261 g/mol. The molecule has 1 aromatic carbocycles. The van der Waals surface area contributed by atoms with Gasteiger partial charge in [-0.2, -0.15) is 0 Å². The summed E-state index contributed by atoms with van der Waals surface area (Å²) in [6, 6.07) is 6.57. The van der Waals surface area contributed by atoms with Gasteiger partial charge in [-0.1, -0.05) is 12.5 Å². The van der Waals surface area contributed by atoms with Gasteiger partial charge < -0.3 is 15.5 Å². The van der Waals surface area contributed by atoms with Crippen LogP contribution in [0.2, 0.25) is 0 Å². The normalized spacial score (nSPS) is 23.2. The molecule has 2 aromatic rings. The summed E-state index contributed by atoms with van der Waals surface area (Å²) in [7, 11) is 0. The van der Waals surface area contributed by atoms with E-state index in [1.54, 1.807) is 0 Å². The Hall–Kier alpha value is -1.59. The molecule has 1 aliphatic carbocycles. The van der Waals surface area contributed by atoms with E-state index in [4.69, 9.17) is 10.2 Å². The third-order valence-electron chi connectivity index (χ3n) is 3.88. The highest BCUT2D eigenvalue weighted by Gasteiger charge is 2.22. The molecule has 1 saturated carbocycles. The second-order valence-electron chi connectivity index (χ2n) is 5.25. The van der Waals surface area contributed by atoms with Gasteiger partial charge in [0.05, 0.1) is 5.52 Å². The van der Waals surface area contributed by atoms with E-state index >= 15 is 0 Å². The van der Waals surface area contributed by atoms with Crippen LogP contribution in [0.3, 0.4) is 0 Å². The van der Waals surface area contributed by atoms with E-state index in [0.717, 1.165) is 30.5 Å². The molecule has 5 heteroatoms. The predicted molar refractivity (Wildman–Crippen MR) is 74.2 cm³/mol. The Kier molecular flexibility index (Phi) is 3.40. The van der Waals surface area contributed by atoms with Crippen LogP contribution in [0, 0.1) is 0 Å². The summed E-state index contributed by atoms with van der Waals surface area (Å²) < 4.78 is 5.05. The highest BCUT2D eigenvalue weighted by Crippen LogP contribution is 2.17. The number of H-pyrrole nitrogens is 1. The van der Waals surface area contributed by atoms with Crippen molar-refractivity contribution in [3.05, 3.63) is 34.3 Å². The monoisotopic (exact) mass is 261 g/mol. The zero-order chi connectivity index (χ0) is 13.2. The second kappa shape index (κ2) is 5.19. The molecule has 2 unspecified atom stereocenters. The van der Waals surface area contributed by atoms with Crippen LogP contribution in [0.1, 0.15) is 24.8 Å². The summed E-state index contributed by atoms with van der Waals surface area (Å²) in [4.78, 5) is 13.7. The zero-order valence-electron chi connectivity index (χ0n) is 10.8. The highest BCUT2D eigenvalue weighted by atomic mass is 16.4. The third-order valence-corrected chi connectivity index (χ3v) is 3.88. The minimum Gasteiger partial charge on any atom is -0.408 e. The average Bonchev–Trinajstić information content (AvgIpc) is 2.94. The van der Waals surface area contributed by atoms with Crippen molar-refractivity contribution in [1.29, 1.82) is 0 Å². The van der Waals surface area contributed by atoms with Gasteiger partial charge in [0.1, 0.15) is 0 Å². The van der Waals surface area contributed by atoms with E-state index in [0.29, 0.717) is 17.7 Å². The molecule has 5 nitrogen and oxygen atoms in total. The van der Waals surface area contributed by atoms with Gasteiger partial charge in [0.25, 0.3) is 0 Å². The van der Waals surface area contributed by atoms with Crippen molar-refractivity contribution >= 4 is 11.1 Å². The van der Waals surface area contributed by atoms with Crippen LogP contribution in [-0.2, 0) is 6.42 Å². The van der Waals surface area contributed by atoms with Crippen molar-refractivity contribution in [3.8, 4) is 0 Å². The van der Waals surface area contributed by atoms with Crippen molar-refractivity contribution in [2.45, 2.75) is 37.8 Å². The number of benzene rings is 1. The first-order chi connectivity index (χ1) is 9.22. The topological polar surface area (TPSA) is 84.0 Å². The molecule has 1 heterocycles. The predicted octanol–water partition coefficient (Wildman–Crippen LogP) is 1.13. The summed E-state index contributed by atoms with van der Waals surface area (Å²) >= 11 is 0. The molecule has 3 rings (SSSR count). The van der Waals surface area contributed by atoms with Gasteiger partial charge in [-0.05, 0) is 43.5 Å². The number of fused-ring (bicyclic) bond motifs is 1. The van der Waals surface area contributed by atoms with Gasteiger partial charge in [0.2, 0.25) is 0 Å². The Bertz CT molecular complexity index is 616. The summed E-state index contributed by atoms with van der Waals surface area (Å²) in [6.45, 7) is 0.901. The third kappa shape index (κ3) is 2.72. The minimum absolute atomic E-state index is 0.296. The lowest BCUT2D eigenvalue weighted by atomic mass is 10.1. The highest BCUT2D eigenvalue weighted by molar-refractivity contribution is 5.72. The first-order valence-corrected chi connectivity index (χ1v) is 6.83. The van der Waals surface area contributed by atoms with E-state index in [2.05, 4.69) is 10.3 Å². The number of nitrogens with two attached hydrogens (primary N) is 1. The number of hydrogen-bond acceptors (Lipinski definition) is 4. The Labute approximate surface area is 111 Å². The molecule has 102 valence electrons. The first-order valence-electron chi connectivity index (χ1n) is 6.83. The maximum atomic E-state index is 11.1. The van der Waals surface area contributed by atoms with Crippen LogP contribution < -0.4 is 16.8 Å². The van der Waals surface area contributed by atoms with E-state index in [9.17, 15) is 4.79 Å². The van der Waals surface area contributed by atoms with Gasteiger partial charge in [0, 0.05) is 12.1 Å². The van der Waals surface area contributed by atoms with Gasteiger partial charge in [-0.3, -0.25) is 4.98 Å². The van der Waals surface area contributed by atoms with Crippen molar-refractivity contribution < 1.29 is 4.42 Å². The molecule has 4 N–H and O–H groups in total. The number of aromatic nitrogens is 1. The fraction of sp³-hybridized carbons (Fsp3) is 0.500. The number of nitrogens with one attached hydrogen (secondary N) is 2. The number of hydrogen-bond donors (Lipinski definition) is 3. The van der Waals surface area contributed by atoms with Crippen LogP contribution in [-0.4, -0.2) is 23.6 Å². The largest absolute Gasteiger partial charge is 0.417 e. The van der Waals surface area contributed by atoms with Crippen molar-refractivity contribution in [2.24, 2.45) is 5.73 Å². The molecule has 0 radical (unpaired) electrons. The molecule has 0 amide bonds. The molecular formula is C14H19N3O2. The second-order valence-corrected chi connectivity index (χ2v) is 5.25. The maximum absolute atomic E-state index is 11.1. The van der Waals surface area contributed by atoms with Gasteiger partial charge in [-0.25, -0.2) is 4.79 Å². The fourth-order valence-electron chi connectivity index (χ4n) is 2.79. The molecule has 1 fully saturated rings. The lowest BCUT2D eigenvalue weighted by Gasteiger charge is -2.17. The van der Waals surface area contributed by atoms with Crippen LogP contribution in [0.25, 0.3) is 11.1 Å². The van der Waals surface area contributed by atoms with Crippen LogP contribution in [0.15, 0.2) is 27.4 Å². The molecule has 1 aromatic heterocycles. The lowest BCUT2D eigenvalue weighted by molar-refractivity contribution is 0.479. The summed E-state index contributed by atoms with van der Waals surface area (Å²) in [6.07, 6.45) is 4.43. The summed E-state index contributed by atoms with van der Waals surface area (Å²) in [5.74, 6) is -0.401. The molecular weight excluding hydrogens is 242 g/mol. The fourth-order valence-corrected chi connectivity index (χ4v) is 2.79. The zero-order valence-corrected chi connectivity index (χ0v) is 10.8. The van der Waals surface area contributed by atoms with Crippen LogP contribution in [0.5, 0.6) is 0 Å². The number of aromatic amines is 1. The van der Waals surface area contributed by atoms with Crippen LogP contribution >= 0.6 is 0 Å². The van der Waals surface area contributed by atoms with E-state index < -0.39 is 5.76 Å². The number of rotatable bonds is 4. The lowest BCUT2D eigenvalue weighted by Crippen LogP contribution is -2.41. The number of oxazole rings is 1. The molecule has 0 saturated heterocycles. The maximum Gasteiger partial charge on any atom is 0.417 e. The van der Waals surface area contributed by atoms with E-state index in [1.807, 2.05) is 18.2 Å². The molecule has 0 aliphatic heterocycles.